The number of benzene rings is 2. The molecule has 0 bridgehead atoms. The van der Waals surface area contributed by atoms with Gasteiger partial charge in [0.1, 0.15) is 0 Å². The molecule has 3 aromatic rings. The van der Waals surface area contributed by atoms with E-state index in [0.717, 1.165) is 61.7 Å². The van der Waals surface area contributed by atoms with Crippen LogP contribution in [0.25, 0.3) is 0 Å². The summed E-state index contributed by atoms with van der Waals surface area (Å²) >= 11 is 6.15. The molecule has 3 heterocycles. The number of carbonyl (C=O) groups is 2. The number of rotatable bonds is 8. The monoisotopic (exact) mass is 533 g/mol. The van der Waals surface area contributed by atoms with Crippen molar-refractivity contribution in [3.63, 3.8) is 0 Å². The zero-order chi connectivity index (χ0) is 26.8. The number of likely N-dealkylation sites (tertiary alicyclic amines) is 2. The summed E-state index contributed by atoms with van der Waals surface area (Å²) in [6.07, 6.45) is 0.895. The van der Waals surface area contributed by atoms with Crippen LogP contribution in [-0.4, -0.2) is 70.7 Å². The van der Waals surface area contributed by atoms with Gasteiger partial charge >= 0.3 is 0 Å². The standard InChI is InChI=1S/C30H36ClN5O2/c1-20-10-11-24(14-27(20)31)29(37)32-12-7-13-34-16-25-18-35(19-26(25)17-34)30(38)28-21(2)33-36(22(28)3)15-23-8-5-4-6-9-23/h4-6,8-11,14,25-26H,7,12-13,15-19H2,1-3H3,(H,32,37). The second kappa shape index (κ2) is 11.3. The Morgan fingerprint density at radius 3 is 2.39 bits per heavy atom. The van der Waals surface area contributed by atoms with Crippen LogP contribution in [0.15, 0.2) is 48.5 Å². The first-order valence-corrected chi connectivity index (χ1v) is 13.8. The maximum absolute atomic E-state index is 13.5. The van der Waals surface area contributed by atoms with Crippen molar-refractivity contribution in [1.29, 1.82) is 0 Å². The lowest BCUT2D eigenvalue weighted by atomic mass is 10.0. The predicted molar refractivity (Wildman–Crippen MR) is 150 cm³/mol. The van der Waals surface area contributed by atoms with Crippen molar-refractivity contribution in [3.05, 3.63) is 87.2 Å². The molecule has 38 heavy (non-hydrogen) atoms. The molecule has 2 amide bonds. The second-order valence-corrected chi connectivity index (χ2v) is 11.2. The van der Waals surface area contributed by atoms with Gasteiger partial charge in [0.25, 0.3) is 11.8 Å². The van der Waals surface area contributed by atoms with Crippen LogP contribution in [0.2, 0.25) is 5.02 Å². The molecule has 2 atom stereocenters. The molecule has 0 spiro atoms. The Morgan fingerprint density at radius 1 is 1.00 bits per heavy atom. The van der Waals surface area contributed by atoms with E-state index in [1.807, 2.05) is 60.7 Å². The minimum absolute atomic E-state index is 0.0861. The Bertz CT molecular complexity index is 1310. The lowest BCUT2D eigenvalue weighted by Crippen LogP contribution is -2.35. The van der Waals surface area contributed by atoms with Crippen LogP contribution in [0.1, 0.15) is 49.7 Å². The third kappa shape index (κ3) is 5.64. The first-order valence-electron chi connectivity index (χ1n) is 13.4. The van der Waals surface area contributed by atoms with Crippen LogP contribution in [-0.2, 0) is 6.54 Å². The summed E-state index contributed by atoms with van der Waals surface area (Å²) in [6, 6.07) is 15.6. The molecular formula is C30H36ClN5O2. The summed E-state index contributed by atoms with van der Waals surface area (Å²) < 4.78 is 1.95. The number of amides is 2. The largest absolute Gasteiger partial charge is 0.352 e. The number of halogens is 1. The van der Waals surface area contributed by atoms with Gasteiger partial charge in [0.05, 0.1) is 17.8 Å². The van der Waals surface area contributed by atoms with Gasteiger partial charge in [-0.3, -0.25) is 14.3 Å². The number of nitrogens with zero attached hydrogens (tertiary/aromatic N) is 4. The van der Waals surface area contributed by atoms with Crippen molar-refractivity contribution in [2.75, 3.05) is 39.3 Å². The van der Waals surface area contributed by atoms with Crippen LogP contribution >= 0.6 is 11.6 Å². The fourth-order valence-corrected chi connectivity index (χ4v) is 6.03. The summed E-state index contributed by atoms with van der Waals surface area (Å²) in [5, 5.41) is 8.30. The van der Waals surface area contributed by atoms with Gasteiger partial charge in [0, 0.05) is 49.0 Å². The topological polar surface area (TPSA) is 70.5 Å². The van der Waals surface area contributed by atoms with Crippen molar-refractivity contribution in [3.8, 4) is 0 Å². The maximum atomic E-state index is 13.5. The lowest BCUT2D eigenvalue weighted by Gasteiger charge is -2.22. The molecule has 2 aliphatic heterocycles. The highest BCUT2D eigenvalue weighted by Crippen LogP contribution is 2.32. The second-order valence-electron chi connectivity index (χ2n) is 10.8. The van der Waals surface area contributed by atoms with Crippen molar-refractivity contribution in [2.24, 2.45) is 11.8 Å². The number of hydrogen-bond donors (Lipinski definition) is 1. The van der Waals surface area contributed by atoms with E-state index in [2.05, 4.69) is 27.4 Å². The first-order chi connectivity index (χ1) is 18.3. The van der Waals surface area contributed by atoms with Crippen LogP contribution in [0.5, 0.6) is 0 Å². The van der Waals surface area contributed by atoms with Crippen LogP contribution < -0.4 is 5.32 Å². The van der Waals surface area contributed by atoms with Gasteiger partial charge in [0.2, 0.25) is 0 Å². The molecule has 2 aliphatic rings. The normalized spacial score (nSPS) is 19.1. The van der Waals surface area contributed by atoms with Crippen LogP contribution in [0, 0.1) is 32.6 Å². The third-order valence-corrected chi connectivity index (χ3v) is 8.40. The molecule has 2 aromatic carbocycles. The van der Waals surface area contributed by atoms with Gasteiger partial charge < -0.3 is 15.1 Å². The Labute approximate surface area is 229 Å². The SMILES string of the molecule is Cc1ccc(C(=O)NCCCN2CC3CN(C(=O)c4c(C)nn(Cc5ccccc5)c4C)CC3C2)cc1Cl. The summed E-state index contributed by atoms with van der Waals surface area (Å²) in [5.74, 6) is 1.03. The number of fused-ring (bicyclic) bond motifs is 1. The average Bonchev–Trinajstić information content (AvgIpc) is 3.55. The van der Waals surface area contributed by atoms with Gasteiger partial charge in [-0.15, -0.1) is 0 Å². The minimum atomic E-state index is -0.0861. The van der Waals surface area contributed by atoms with E-state index in [4.69, 9.17) is 11.6 Å². The predicted octanol–water partition coefficient (Wildman–Crippen LogP) is 4.33. The molecule has 1 aromatic heterocycles. The minimum Gasteiger partial charge on any atom is -0.352 e. The smallest absolute Gasteiger partial charge is 0.257 e. The van der Waals surface area contributed by atoms with E-state index in [-0.39, 0.29) is 11.8 Å². The van der Waals surface area contributed by atoms with E-state index in [1.54, 1.807) is 6.07 Å². The summed E-state index contributed by atoms with van der Waals surface area (Å²) in [4.78, 5) is 30.4. The molecule has 0 radical (unpaired) electrons. The zero-order valence-corrected chi connectivity index (χ0v) is 23.2. The summed E-state index contributed by atoms with van der Waals surface area (Å²) in [7, 11) is 0. The van der Waals surface area contributed by atoms with Crippen molar-refractivity contribution in [2.45, 2.75) is 33.7 Å². The molecule has 1 N–H and O–H groups in total. The van der Waals surface area contributed by atoms with E-state index < -0.39 is 0 Å². The molecule has 0 aliphatic carbocycles. The van der Waals surface area contributed by atoms with Crippen LogP contribution in [0.4, 0.5) is 0 Å². The number of nitrogens with one attached hydrogen (secondary N) is 1. The van der Waals surface area contributed by atoms with E-state index >= 15 is 0 Å². The first kappa shape index (κ1) is 26.4. The molecule has 7 nitrogen and oxygen atoms in total. The highest BCUT2D eigenvalue weighted by Gasteiger charge is 2.42. The maximum Gasteiger partial charge on any atom is 0.257 e. The molecule has 2 fully saturated rings. The Morgan fingerprint density at radius 2 is 1.71 bits per heavy atom. The third-order valence-electron chi connectivity index (χ3n) is 7.99. The number of hydrogen-bond acceptors (Lipinski definition) is 4. The van der Waals surface area contributed by atoms with E-state index in [1.165, 1.54) is 5.56 Å². The number of carbonyl (C=O) groups excluding carboxylic acids is 2. The van der Waals surface area contributed by atoms with Gasteiger partial charge in [-0.05, 0) is 68.8 Å². The van der Waals surface area contributed by atoms with Crippen molar-refractivity contribution < 1.29 is 9.59 Å². The zero-order valence-electron chi connectivity index (χ0n) is 22.4. The molecule has 0 saturated carbocycles. The van der Waals surface area contributed by atoms with E-state index in [0.29, 0.717) is 35.5 Å². The molecule has 5 rings (SSSR count). The quantitative estimate of drug-likeness (QED) is 0.437. The van der Waals surface area contributed by atoms with Crippen molar-refractivity contribution >= 4 is 23.4 Å². The van der Waals surface area contributed by atoms with Crippen LogP contribution in [0.3, 0.4) is 0 Å². The molecular weight excluding hydrogens is 498 g/mol. The van der Waals surface area contributed by atoms with Gasteiger partial charge in [-0.25, -0.2) is 0 Å². The molecule has 200 valence electrons. The number of aromatic nitrogens is 2. The van der Waals surface area contributed by atoms with Crippen molar-refractivity contribution in [1.82, 2.24) is 24.9 Å². The fraction of sp³-hybridized carbons (Fsp3) is 0.433. The molecule has 8 heteroatoms. The van der Waals surface area contributed by atoms with Gasteiger partial charge in [0.15, 0.2) is 0 Å². The Hall–Kier alpha value is -3.16. The highest BCUT2D eigenvalue weighted by molar-refractivity contribution is 6.31. The van der Waals surface area contributed by atoms with E-state index in [9.17, 15) is 9.59 Å². The van der Waals surface area contributed by atoms with Gasteiger partial charge in [-0.1, -0.05) is 48.0 Å². The molecule has 2 saturated heterocycles. The summed E-state index contributed by atoms with van der Waals surface area (Å²) in [5.41, 5.74) is 5.22. The average molecular weight is 534 g/mol. The lowest BCUT2D eigenvalue weighted by molar-refractivity contribution is 0.0772. The Kier molecular flexibility index (Phi) is 7.86. The highest BCUT2D eigenvalue weighted by atomic mass is 35.5. The Balaban J connectivity index is 1.09. The number of aryl methyl sites for hydroxylation is 2. The molecule has 2 unspecified atom stereocenters. The van der Waals surface area contributed by atoms with Gasteiger partial charge in [-0.2, -0.15) is 5.10 Å². The summed E-state index contributed by atoms with van der Waals surface area (Å²) in [6.45, 7) is 11.7. The fourth-order valence-electron chi connectivity index (χ4n) is 5.85.